The molecule has 136 valence electrons. The SMILES string of the molecule is CC(=O)Oc1ccc(OC(C)=O)c2c1C[C@@]1(C)CCC(=O)C(C)=C1C2=O. The third kappa shape index (κ3) is 2.85. The Bertz CT molecular complexity index is 892. The molecular weight excluding hydrogens is 336 g/mol. The summed E-state index contributed by atoms with van der Waals surface area (Å²) in [7, 11) is 0. The van der Waals surface area contributed by atoms with E-state index in [2.05, 4.69) is 0 Å². The molecule has 0 aromatic heterocycles. The highest BCUT2D eigenvalue weighted by Gasteiger charge is 2.46. The largest absolute Gasteiger partial charge is 0.426 e. The minimum Gasteiger partial charge on any atom is -0.426 e. The van der Waals surface area contributed by atoms with Gasteiger partial charge in [0.2, 0.25) is 0 Å². The maximum Gasteiger partial charge on any atom is 0.308 e. The smallest absolute Gasteiger partial charge is 0.308 e. The predicted molar refractivity (Wildman–Crippen MR) is 92.1 cm³/mol. The van der Waals surface area contributed by atoms with E-state index in [1.165, 1.54) is 26.0 Å². The molecule has 2 aliphatic carbocycles. The number of hydrogen-bond donors (Lipinski definition) is 0. The number of ketones is 2. The van der Waals surface area contributed by atoms with Gasteiger partial charge in [-0.25, -0.2) is 0 Å². The number of esters is 2. The monoisotopic (exact) mass is 356 g/mol. The number of ether oxygens (including phenoxy) is 2. The van der Waals surface area contributed by atoms with Gasteiger partial charge in [0.25, 0.3) is 0 Å². The Balaban J connectivity index is 2.27. The van der Waals surface area contributed by atoms with Gasteiger partial charge in [-0.05, 0) is 37.5 Å². The van der Waals surface area contributed by atoms with Crippen LogP contribution in [0.2, 0.25) is 0 Å². The lowest BCUT2D eigenvalue weighted by Crippen LogP contribution is -2.38. The second-order valence-corrected chi connectivity index (χ2v) is 7.09. The zero-order chi connectivity index (χ0) is 19.2. The molecule has 0 amide bonds. The van der Waals surface area contributed by atoms with Gasteiger partial charge in [0, 0.05) is 36.8 Å². The Labute approximate surface area is 151 Å². The summed E-state index contributed by atoms with van der Waals surface area (Å²) in [5.41, 5.74) is 1.14. The minimum atomic E-state index is -0.556. The molecule has 26 heavy (non-hydrogen) atoms. The maximum absolute atomic E-state index is 13.3. The van der Waals surface area contributed by atoms with Crippen molar-refractivity contribution in [1.82, 2.24) is 0 Å². The molecule has 0 heterocycles. The lowest BCUT2D eigenvalue weighted by molar-refractivity contribution is -0.133. The molecule has 6 nitrogen and oxygen atoms in total. The van der Waals surface area contributed by atoms with Crippen LogP contribution in [0.25, 0.3) is 0 Å². The highest BCUT2D eigenvalue weighted by atomic mass is 16.5. The van der Waals surface area contributed by atoms with E-state index in [0.29, 0.717) is 36.0 Å². The van der Waals surface area contributed by atoms with Crippen molar-refractivity contribution in [3.05, 3.63) is 34.4 Å². The number of Topliss-reactive ketones (excluding diaryl/α,β-unsaturated/α-hetero) is 2. The van der Waals surface area contributed by atoms with Crippen molar-refractivity contribution in [2.45, 2.75) is 47.0 Å². The van der Waals surface area contributed by atoms with Gasteiger partial charge in [0.1, 0.15) is 11.5 Å². The quantitative estimate of drug-likeness (QED) is 0.598. The Morgan fingerprint density at radius 1 is 1.04 bits per heavy atom. The molecule has 0 saturated heterocycles. The van der Waals surface area contributed by atoms with E-state index in [0.717, 1.165) is 0 Å². The average molecular weight is 356 g/mol. The molecule has 1 aromatic rings. The maximum atomic E-state index is 13.3. The van der Waals surface area contributed by atoms with Crippen LogP contribution in [0.3, 0.4) is 0 Å². The summed E-state index contributed by atoms with van der Waals surface area (Å²) in [5, 5.41) is 0. The summed E-state index contributed by atoms with van der Waals surface area (Å²) in [6.45, 7) is 6.14. The van der Waals surface area contributed by atoms with Gasteiger partial charge in [-0.2, -0.15) is 0 Å². The van der Waals surface area contributed by atoms with Crippen molar-refractivity contribution in [3.8, 4) is 11.5 Å². The molecular formula is C20H20O6. The molecule has 0 unspecified atom stereocenters. The summed E-state index contributed by atoms with van der Waals surface area (Å²) in [6, 6.07) is 2.98. The first-order valence-corrected chi connectivity index (χ1v) is 8.46. The van der Waals surface area contributed by atoms with E-state index in [1.807, 2.05) is 6.92 Å². The summed E-state index contributed by atoms with van der Waals surface area (Å²) in [4.78, 5) is 48.4. The lowest BCUT2D eigenvalue weighted by Gasteiger charge is -2.41. The average Bonchev–Trinajstić information content (AvgIpc) is 2.52. The van der Waals surface area contributed by atoms with Gasteiger partial charge >= 0.3 is 11.9 Å². The van der Waals surface area contributed by atoms with Gasteiger partial charge in [0.15, 0.2) is 11.6 Å². The molecule has 2 aliphatic rings. The van der Waals surface area contributed by atoms with Crippen molar-refractivity contribution >= 4 is 23.5 Å². The summed E-state index contributed by atoms with van der Waals surface area (Å²) < 4.78 is 10.5. The number of rotatable bonds is 2. The van der Waals surface area contributed by atoms with E-state index < -0.39 is 17.4 Å². The first-order chi connectivity index (χ1) is 12.1. The van der Waals surface area contributed by atoms with Crippen LogP contribution in [-0.2, 0) is 20.8 Å². The number of allylic oxidation sites excluding steroid dienone is 2. The zero-order valence-corrected chi connectivity index (χ0v) is 15.2. The molecule has 0 fully saturated rings. The minimum absolute atomic E-state index is 0.0422. The van der Waals surface area contributed by atoms with Crippen molar-refractivity contribution in [2.75, 3.05) is 0 Å². The van der Waals surface area contributed by atoms with Crippen LogP contribution in [-0.4, -0.2) is 23.5 Å². The fourth-order valence-electron chi connectivity index (χ4n) is 3.95. The Morgan fingerprint density at radius 3 is 2.23 bits per heavy atom. The Morgan fingerprint density at radius 2 is 1.62 bits per heavy atom. The van der Waals surface area contributed by atoms with Crippen LogP contribution in [0, 0.1) is 5.41 Å². The normalized spacial score (nSPS) is 21.8. The molecule has 0 bridgehead atoms. The number of hydrogen-bond acceptors (Lipinski definition) is 6. The van der Waals surface area contributed by atoms with Gasteiger partial charge in [0.05, 0.1) is 5.56 Å². The van der Waals surface area contributed by atoms with E-state index in [9.17, 15) is 19.2 Å². The van der Waals surface area contributed by atoms with E-state index in [1.54, 1.807) is 6.92 Å². The zero-order valence-electron chi connectivity index (χ0n) is 15.2. The van der Waals surface area contributed by atoms with Gasteiger partial charge in [-0.15, -0.1) is 0 Å². The van der Waals surface area contributed by atoms with Gasteiger partial charge in [-0.1, -0.05) is 6.92 Å². The lowest BCUT2D eigenvalue weighted by atomic mass is 9.61. The van der Waals surface area contributed by atoms with Crippen LogP contribution >= 0.6 is 0 Å². The molecule has 0 aliphatic heterocycles. The molecule has 0 N–H and O–H groups in total. The molecule has 1 aromatic carbocycles. The van der Waals surface area contributed by atoms with Crippen molar-refractivity contribution in [2.24, 2.45) is 5.41 Å². The second-order valence-electron chi connectivity index (χ2n) is 7.09. The topological polar surface area (TPSA) is 86.7 Å². The van der Waals surface area contributed by atoms with E-state index in [-0.39, 0.29) is 28.6 Å². The number of carbonyl (C=O) groups is 4. The Kier molecular flexibility index (Phi) is 4.30. The molecule has 1 atom stereocenters. The highest BCUT2D eigenvalue weighted by molar-refractivity contribution is 6.18. The number of benzene rings is 1. The number of carbonyl (C=O) groups excluding carboxylic acids is 4. The predicted octanol–water partition coefficient (Wildman–Crippen LogP) is 2.96. The third-order valence-electron chi connectivity index (χ3n) is 5.06. The molecule has 0 spiro atoms. The first kappa shape index (κ1) is 18.0. The summed E-state index contributed by atoms with van der Waals surface area (Å²) in [5.74, 6) is -1.04. The Hall–Kier alpha value is -2.76. The van der Waals surface area contributed by atoms with Crippen LogP contribution in [0.4, 0.5) is 0 Å². The highest BCUT2D eigenvalue weighted by Crippen LogP contribution is 2.51. The first-order valence-electron chi connectivity index (χ1n) is 8.46. The molecule has 3 rings (SSSR count). The van der Waals surface area contributed by atoms with E-state index in [4.69, 9.17) is 9.47 Å². The molecule has 6 heteroatoms. The van der Waals surface area contributed by atoms with Crippen molar-refractivity contribution < 1.29 is 28.7 Å². The van der Waals surface area contributed by atoms with Crippen molar-refractivity contribution in [1.29, 1.82) is 0 Å². The summed E-state index contributed by atoms with van der Waals surface area (Å²) >= 11 is 0. The third-order valence-corrected chi connectivity index (χ3v) is 5.06. The second kappa shape index (κ2) is 6.20. The van der Waals surface area contributed by atoms with Crippen molar-refractivity contribution in [3.63, 3.8) is 0 Å². The summed E-state index contributed by atoms with van der Waals surface area (Å²) in [6.07, 6.45) is 1.34. The standard InChI is InChI=1S/C20H20O6/c1-10-14(23)7-8-20(4)9-13-15(25-11(2)21)5-6-16(26-12(3)22)17(13)19(24)18(10)20/h5-6H,7-9H2,1-4H3/t20-/m1/s1. The molecule has 0 radical (unpaired) electrons. The van der Waals surface area contributed by atoms with Gasteiger partial charge < -0.3 is 9.47 Å². The van der Waals surface area contributed by atoms with Crippen LogP contribution in [0.5, 0.6) is 11.5 Å². The fourth-order valence-corrected chi connectivity index (χ4v) is 3.95. The fraction of sp³-hybridized carbons (Fsp3) is 0.400. The van der Waals surface area contributed by atoms with Crippen LogP contribution in [0.1, 0.15) is 56.5 Å². The van der Waals surface area contributed by atoms with E-state index >= 15 is 0 Å². The molecule has 0 saturated carbocycles. The van der Waals surface area contributed by atoms with Gasteiger partial charge in [-0.3, -0.25) is 19.2 Å². The van der Waals surface area contributed by atoms with Crippen LogP contribution < -0.4 is 9.47 Å². The number of fused-ring (bicyclic) bond motifs is 2. The van der Waals surface area contributed by atoms with Crippen LogP contribution in [0.15, 0.2) is 23.3 Å².